The van der Waals surface area contributed by atoms with E-state index in [-0.39, 0.29) is 5.56 Å². The van der Waals surface area contributed by atoms with Crippen LogP contribution >= 0.6 is 11.3 Å². The van der Waals surface area contributed by atoms with Gasteiger partial charge in [0.2, 0.25) is 0 Å². The van der Waals surface area contributed by atoms with Gasteiger partial charge in [-0.3, -0.25) is 0 Å². The first-order valence-corrected chi connectivity index (χ1v) is 8.05. The zero-order valence-corrected chi connectivity index (χ0v) is 13.3. The summed E-state index contributed by atoms with van der Waals surface area (Å²) >= 11 is 1.44. The number of hydrogen-bond donors (Lipinski definition) is 0. The lowest BCUT2D eigenvalue weighted by Crippen LogP contribution is -1.91. The van der Waals surface area contributed by atoms with Crippen molar-refractivity contribution in [2.75, 3.05) is 0 Å². The topological polar surface area (TPSA) is 0 Å². The molecule has 1 heterocycles. The molecule has 0 nitrogen and oxygen atoms in total. The van der Waals surface area contributed by atoms with E-state index >= 15 is 0 Å². The zero-order valence-electron chi connectivity index (χ0n) is 12.5. The average molecular weight is 314 g/mol. The minimum absolute atomic E-state index is 0.0700. The molecule has 0 spiro atoms. The maximum atomic E-state index is 14.4. The molecular formula is C19H16F2S. The Balaban J connectivity index is 2.06. The van der Waals surface area contributed by atoms with Crippen LogP contribution in [-0.4, -0.2) is 0 Å². The molecule has 0 aliphatic rings. The van der Waals surface area contributed by atoms with Crippen molar-refractivity contribution in [3.05, 3.63) is 70.6 Å². The Morgan fingerprint density at radius 1 is 0.864 bits per heavy atom. The largest absolute Gasteiger partial charge is 0.206 e. The van der Waals surface area contributed by atoms with Crippen LogP contribution in [0.5, 0.6) is 0 Å². The van der Waals surface area contributed by atoms with Crippen molar-refractivity contribution in [1.29, 1.82) is 0 Å². The Morgan fingerprint density at radius 2 is 1.50 bits per heavy atom. The van der Waals surface area contributed by atoms with E-state index < -0.39 is 11.6 Å². The molecule has 0 fully saturated rings. The molecule has 2 aromatic carbocycles. The van der Waals surface area contributed by atoms with Crippen LogP contribution in [0.1, 0.15) is 17.4 Å². The van der Waals surface area contributed by atoms with E-state index in [1.807, 2.05) is 44.2 Å². The van der Waals surface area contributed by atoms with Crippen molar-refractivity contribution >= 4 is 11.3 Å². The maximum absolute atomic E-state index is 14.4. The third-order valence-corrected chi connectivity index (χ3v) is 4.93. The molecule has 0 amide bonds. The first-order chi connectivity index (χ1) is 10.6. The maximum Gasteiger partial charge on any atom is 0.135 e. The Bertz CT molecular complexity index is 778. The highest BCUT2D eigenvalue weighted by Gasteiger charge is 2.15. The van der Waals surface area contributed by atoms with Crippen molar-refractivity contribution < 1.29 is 8.78 Å². The third-order valence-electron chi connectivity index (χ3n) is 3.68. The Morgan fingerprint density at radius 3 is 2.05 bits per heavy atom. The van der Waals surface area contributed by atoms with Crippen molar-refractivity contribution in [3.63, 3.8) is 0 Å². The van der Waals surface area contributed by atoms with Crippen LogP contribution in [0, 0.1) is 18.6 Å². The van der Waals surface area contributed by atoms with E-state index in [0.717, 1.165) is 22.4 Å². The van der Waals surface area contributed by atoms with Gasteiger partial charge >= 0.3 is 0 Å². The number of rotatable bonds is 3. The molecule has 0 atom stereocenters. The van der Waals surface area contributed by atoms with Crippen LogP contribution in [0.4, 0.5) is 8.78 Å². The van der Waals surface area contributed by atoms with Gasteiger partial charge in [-0.15, -0.1) is 11.3 Å². The second-order valence-corrected chi connectivity index (χ2v) is 6.47. The van der Waals surface area contributed by atoms with Crippen LogP contribution in [0.2, 0.25) is 0 Å². The fourth-order valence-corrected chi connectivity index (χ4v) is 3.42. The van der Waals surface area contributed by atoms with E-state index in [4.69, 9.17) is 0 Å². The predicted octanol–water partition coefficient (Wildman–Crippen LogP) is 6.23. The van der Waals surface area contributed by atoms with Crippen molar-refractivity contribution in [2.45, 2.75) is 20.3 Å². The van der Waals surface area contributed by atoms with Gasteiger partial charge in [-0.05, 0) is 48.7 Å². The van der Waals surface area contributed by atoms with Crippen molar-refractivity contribution in [2.24, 2.45) is 0 Å². The van der Waals surface area contributed by atoms with E-state index in [9.17, 15) is 8.78 Å². The molecule has 0 aliphatic heterocycles. The quantitative estimate of drug-likeness (QED) is 0.537. The molecular weight excluding hydrogens is 298 g/mol. The Hall–Kier alpha value is -2.00. The average Bonchev–Trinajstić information content (AvgIpc) is 2.96. The highest BCUT2D eigenvalue weighted by Crippen LogP contribution is 2.35. The van der Waals surface area contributed by atoms with Gasteiger partial charge in [0.05, 0.1) is 5.56 Å². The molecule has 3 rings (SSSR count). The molecule has 22 heavy (non-hydrogen) atoms. The number of halogens is 2. The van der Waals surface area contributed by atoms with Gasteiger partial charge in [0.25, 0.3) is 0 Å². The molecule has 0 radical (unpaired) electrons. The summed E-state index contributed by atoms with van der Waals surface area (Å²) in [5.41, 5.74) is 2.56. The summed E-state index contributed by atoms with van der Waals surface area (Å²) in [4.78, 5) is 1.76. The minimum atomic E-state index is -0.514. The smallest absolute Gasteiger partial charge is 0.135 e. The lowest BCUT2D eigenvalue weighted by atomic mass is 10.0. The lowest BCUT2D eigenvalue weighted by Gasteiger charge is -2.07. The van der Waals surface area contributed by atoms with Crippen LogP contribution in [0.25, 0.3) is 21.6 Å². The molecule has 0 aliphatic carbocycles. The van der Waals surface area contributed by atoms with E-state index in [2.05, 4.69) is 0 Å². The summed E-state index contributed by atoms with van der Waals surface area (Å²) in [6, 6.07) is 14.2. The molecule has 112 valence electrons. The minimum Gasteiger partial charge on any atom is -0.206 e. The molecule has 0 unspecified atom stereocenters. The van der Waals surface area contributed by atoms with E-state index in [1.165, 1.54) is 23.5 Å². The molecule has 0 saturated carbocycles. The summed E-state index contributed by atoms with van der Waals surface area (Å²) in [5, 5.41) is 0. The normalized spacial score (nSPS) is 10.9. The van der Waals surface area contributed by atoms with Crippen LogP contribution in [0.3, 0.4) is 0 Å². The summed E-state index contributed by atoms with van der Waals surface area (Å²) in [6.07, 6.45) is 0.870. The third kappa shape index (κ3) is 2.81. The highest BCUT2D eigenvalue weighted by atomic mass is 32.1. The first kappa shape index (κ1) is 14.9. The molecule has 1 aromatic heterocycles. The Kier molecular flexibility index (Phi) is 4.08. The van der Waals surface area contributed by atoms with Crippen molar-refractivity contribution in [1.82, 2.24) is 0 Å². The predicted molar refractivity (Wildman–Crippen MR) is 89.2 cm³/mol. The van der Waals surface area contributed by atoms with E-state index in [1.54, 1.807) is 6.07 Å². The van der Waals surface area contributed by atoms with Gasteiger partial charge in [0.1, 0.15) is 11.6 Å². The number of hydrogen-bond acceptors (Lipinski definition) is 1. The summed E-state index contributed by atoms with van der Waals surface area (Å²) < 4.78 is 28.9. The van der Waals surface area contributed by atoms with Crippen LogP contribution in [-0.2, 0) is 6.42 Å². The Labute approximate surface area is 133 Å². The van der Waals surface area contributed by atoms with Gasteiger partial charge < -0.3 is 0 Å². The fourth-order valence-electron chi connectivity index (χ4n) is 2.42. The SMILES string of the molecule is CCc1ccc(-c2c(F)cc(-c3ccc(C)cc3)cc2F)s1. The van der Waals surface area contributed by atoms with Crippen molar-refractivity contribution in [3.8, 4) is 21.6 Å². The second-order valence-electron chi connectivity index (χ2n) is 5.30. The van der Waals surface area contributed by atoms with Gasteiger partial charge in [0.15, 0.2) is 0 Å². The standard InChI is InChI=1S/C19H16F2S/c1-3-15-8-9-18(22-15)19-16(20)10-14(11-17(19)21)13-6-4-12(2)5-7-13/h4-11H,3H2,1-2H3. The summed E-state index contributed by atoms with van der Waals surface area (Å²) in [7, 11) is 0. The highest BCUT2D eigenvalue weighted by molar-refractivity contribution is 7.15. The molecule has 0 bridgehead atoms. The molecule has 0 N–H and O–H groups in total. The zero-order chi connectivity index (χ0) is 15.7. The van der Waals surface area contributed by atoms with Crippen LogP contribution in [0.15, 0.2) is 48.5 Å². The summed E-state index contributed by atoms with van der Waals surface area (Å²) in [6.45, 7) is 4.01. The summed E-state index contributed by atoms with van der Waals surface area (Å²) in [5.74, 6) is -1.03. The molecule has 3 heteroatoms. The fraction of sp³-hybridized carbons (Fsp3) is 0.158. The molecule has 0 saturated heterocycles. The molecule has 3 aromatic rings. The number of aryl methyl sites for hydroxylation is 2. The second kappa shape index (κ2) is 6.01. The van der Waals surface area contributed by atoms with E-state index in [0.29, 0.717) is 10.4 Å². The lowest BCUT2D eigenvalue weighted by molar-refractivity contribution is 0.591. The number of thiophene rings is 1. The number of benzene rings is 2. The van der Waals surface area contributed by atoms with Crippen LogP contribution < -0.4 is 0 Å². The van der Waals surface area contributed by atoms with Gasteiger partial charge in [-0.25, -0.2) is 8.78 Å². The van der Waals surface area contributed by atoms with Gasteiger partial charge in [-0.1, -0.05) is 36.8 Å². The monoisotopic (exact) mass is 314 g/mol. The van der Waals surface area contributed by atoms with Gasteiger partial charge in [0, 0.05) is 9.75 Å². The first-order valence-electron chi connectivity index (χ1n) is 7.23. The van der Waals surface area contributed by atoms with Gasteiger partial charge in [-0.2, -0.15) is 0 Å².